The van der Waals surface area contributed by atoms with Crippen LogP contribution in [0, 0.1) is 31.3 Å². The van der Waals surface area contributed by atoms with E-state index in [-0.39, 0.29) is 11.4 Å². The lowest BCUT2D eigenvalue weighted by Gasteiger charge is -2.16. The van der Waals surface area contributed by atoms with Crippen LogP contribution in [0.3, 0.4) is 0 Å². The van der Waals surface area contributed by atoms with Crippen LogP contribution in [0.2, 0.25) is 0 Å². The van der Waals surface area contributed by atoms with E-state index in [1.54, 1.807) is 13.8 Å². The highest BCUT2D eigenvalue weighted by molar-refractivity contribution is 5.38. The van der Waals surface area contributed by atoms with E-state index in [0.717, 1.165) is 12.1 Å². The number of halogens is 3. The molecule has 0 aliphatic rings. The molecule has 1 nitrogen and oxygen atoms in total. The van der Waals surface area contributed by atoms with Gasteiger partial charge in [-0.2, -0.15) is 0 Å². The van der Waals surface area contributed by atoms with E-state index in [0.29, 0.717) is 16.7 Å². The summed E-state index contributed by atoms with van der Waals surface area (Å²) in [5.41, 5.74) is 7.00. The number of nitrogens with two attached hydrogens (primary N) is 1. The smallest absolute Gasteiger partial charge is 0.131 e. The molecule has 0 bridgehead atoms. The van der Waals surface area contributed by atoms with Gasteiger partial charge in [-0.25, -0.2) is 13.2 Å². The Morgan fingerprint density at radius 3 is 1.89 bits per heavy atom. The van der Waals surface area contributed by atoms with E-state index >= 15 is 0 Å². The Hall–Kier alpha value is -1.81. The highest BCUT2D eigenvalue weighted by Crippen LogP contribution is 2.27. The predicted octanol–water partition coefficient (Wildman–Crippen LogP) is 3.77. The minimum absolute atomic E-state index is 0.201. The van der Waals surface area contributed by atoms with Gasteiger partial charge in [-0.15, -0.1) is 0 Å². The normalized spacial score (nSPS) is 12.5. The van der Waals surface area contributed by atoms with Gasteiger partial charge >= 0.3 is 0 Å². The van der Waals surface area contributed by atoms with E-state index < -0.39 is 17.7 Å². The number of rotatable bonds is 2. The third-order valence-electron chi connectivity index (χ3n) is 3.13. The Morgan fingerprint density at radius 2 is 1.42 bits per heavy atom. The largest absolute Gasteiger partial charge is 0.320 e. The van der Waals surface area contributed by atoms with Gasteiger partial charge in [-0.3, -0.25) is 0 Å². The number of aryl methyl sites for hydroxylation is 2. The van der Waals surface area contributed by atoms with Crippen LogP contribution in [0.25, 0.3) is 0 Å². The molecule has 1 atom stereocenters. The zero-order valence-electron chi connectivity index (χ0n) is 10.7. The number of benzene rings is 2. The standard InChI is InChI=1S/C15H14F3N/c1-8-6-10(7-9(2)14(8)18)15(19)13-11(16)4-3-5-12(13)17/h3-7,15H,19H2,1-2H3. The highest BCUT2D eigenvalue weighted by Gasteiger charge is 2.19. The van der Waals surface area contributed by atoms with Crippen molar-refractivity contribution in [2.45, 2.75) is 19.9 Å². The van der Waals surface area contributed by atoms with Crippen molar-refractivity contribution in [3.8, 4) is 0 Å². The Balaban J connectivity index is 2.53. The molecule has 2 rings (SSSR count). The summed E-state index contributed by atoms with van der Waals surface area (Å²) in [4.78, 5) is 0. The highest BCUT2D eigenvalue weighted by atomic mass is 19.1. The summed E-state index contributed by atoms with van der Waals surface area (Å²) < 4.78 is 40.9. The van der Waals surface area contributed by atoms with Crippen molar-refractivity contribution in [1.82, 2.24) is 0 Å². The fourth-order valence-corrected chi connectivity index (χ4v) is 2.13. The molecule has 1 unspecified atom stereocenters. The molecule has 0 aliphatic carbocycles. The Labute approximate surface area is 109 Å². The lowest BCUT2D eigenvalue weighted by molar-refractivity contribution is 0.542. The number of hydrogen-bond donors (Lipinski definition) is 1. The van der Waals surface area contributed by atoms with E-state index in [4.69, 9.17) is 5.73 Å². The van der Waals surface area contributed by atoms with Crippen LogP contribution < -0.4 is 5.73 Å². The van der Waals surface area contributed by atoms with Gasteiger partial charge in [0, 0.05) is 5.56 Å². The summed E-state index contributed by atoms with van der Waals surface area (Å²) in [5, 5.41) is 0. The first-order chi connectivity index (χ1) is 8.91. The Kier molecular flexibility index (Phi) is 3.62. The van der Waals surface area contributed by atoms with Crippen molar-refractivity contribution in [2.24, 2.45) is 5.73 Å². The molecule has 19 heavy (non-hydrogen) atoms. The second-order valence-corrected chi connectivity index (χ2v) is 4.58. The lowest BCUT2D eigenvalue weighted by Crippen LogP contribution is -2.16. The Bertz CT molecular complexity index is 580. The van der Waals surface area contributed by atoms with Gasteiger partial charge in [0.05, 0.1) is 6.04 Å². The molecule has 2 aromatic carbocycles. The van der Waals surface area contributed by atoms with Crippen LogP contribution in [0.5, 0.6) is 0 Å². The van der Waals surface area contributed by atoms with Crippen molar-refractivity contribution in [1.29, 1.82) is 0 Å². The maximum absolute atomic E-state index is 13.7. The molecule has 0 saturated heterocycles. The second-order valence-electron chi connectivity index (χ2n) is 4.58. The van der Waals surface area contributed by atoms with Crippen molar-refractivity contribution >= 4 is 0 Å². The fraction of sp³-hybridized carbons (Fsp3) is 0.200. The Morgan fingerprint density at radius 1 is 0.947 bits per heavy atom. The lowest BCUT2D eigenvalue weighted by atomic mass is 9.95. The second kappa shape index (κ2) is 5.05. The monoisotopic (exact) mass is 265 g/mol. The summed E-state index contributed by atoms with van der Waals surface area (Å²) in [6.07, 6.45) is 0. The summed E-state index contributed by atoms with van der Waals surface area (Å²) in [6.45, 7) is 3.19. The van der Waals surface area contributed by atoms with E-state index in [9.17, 15) is 13.2 Å². The third-order valence-corrected chi connectivity index (χ3v) is 3.13. The molecule has 0 heterocycles. The zero-order chi connectivity index (χ0) is 14.2. The van der Waals surface area contributed by atoms with Gasteiger partial charge in [0.2, 0.25) is 0 Å². The SMILES string of the molecule is Cc1cc(C(N)c2c(F)cccc2F)cc(C)c1F. The van der Waals surface area contributed by atoms with Crippen molar-refractivity contribution in [3.05, 3.63) is 70.0 Å². The molecular weight excluding hydrogens is 251 g/mol. The minimum atomic E-state index is -0.959. The maximum atomic E-state index is 13.7. The molecule has 0 saturated carbocycles. The van der Waals surface area contributed by atoms with Gasteiger partial charge in [0.1, 0.15) is 17.5 Å². The van der Waals surface area contributed by atoms with Crippen LogP contribution in [0.1, 0.15) is 28.3 Å². The van der Waals surface area contributed by atoms with Crippen molar-refractivity contribution < 1.29 is 13.2 Å². The molecule has 0 fully saturated rings. The molecule has 4 heteroatoms. The summed E-state index contributed by atoms with van der Waals surface area (Å²) in [5.74, 6) is -1.73. The molecule has 100 valence electrons. The molecule has 0 radical (unpaired) electrons. The molecule has 2 N–H and O–H groups in total. The quantitative estimate of drug-likeness (QED) is 0.878. The van der Waals surface area contributed by atoms with Gasteiger partial charge in [0.25, 0.3) is 0 Å². The van der Waals surface area contributed by atoms with E-state index in [1.807, 2.05) is 0 Å². The van der Waals surface area contributed by atoms with Crippen LogP contribution in [0.15, 0.2) is 30.3 Å². The molecule has 2 aromatic rings. The van der Waals surface area contributed by atoms with Gasteiger partial charge in [0.15, 0.2) is 0 Å². The topological polar surface area (TPSA) is 26.0 Å². The summed E-state index contributed by atoms with van der Waals surface area (Å²) in [6, 6.07) is 5.65. The van der Waals surface area contributed by atoms with Crippen LogP contribution in [-0.4, -0.2) is 0 Å². The average molecular weight is 265 g/mol. The van der Waals surface area contributed by atoms with Gasteiger partial charge in [-0.1, -0.05) is 18.2 Å². The van der Waals surface area contributed by atoms with Crippen LogP contribution in [-0.2, 0) is 0 Å². The fourth-order valence-electron chi connectivity index (χ4n) is 2.13. The molecule has 0 amide bonds. The first-order valence-corrected chi connectivity index (χ1v) is 5.88. The zero-order valence-corrected chi connectivity index (χ0v) is 10.7. The third kappa shape index (κ3) is 2.49. The van der Waals surface area contributed by atoms with Crippen molar-refractivity contribution in [2.75, 3.05) is 0 Å². The molecule has 0 aromatic heterocycles. The van der Waals surface area contributed by atoms with Crippen molar-refractivity contribution in [3.63, 3.8) is 0 Å². The summed E-state index contributed by atoms with van der Waals surface area (Å²) >= 11 is 0. The average Bonchev–Trinajstić information content (AvgIpc) is 2.35. The van der Waals surface area contributed by atoms with E-state index in [2.05, 4.69) is 0 Å². The van der Waals surface area contributed by atoms with Crippen LogP contribution in [0.4, 0.5) is 13.2 Å². The van der Waals surface area contributed by atoms with Gasteiger partial charge < -0.3 is 5.73 Å². The van der Waals surface area contributed by atoms with E-state index in [1.165, 1.54) is 18.2 Å². The molecule has 0 spiro atoms. The molecule has 0 aliphatic heterocycles. The maximum Gasteiger partial charge on any atom is 0.131 e. The number of hydrogen-bond acceptors (Lipinski definition) is 1. The minimum Gasteiger partial charge on any atom is -0.320 e. The van der Waals surface area contributed by atoms with Gasteiger partial charge in [-0.05, 0) is 42.7 Å². The first kappa shape index (κ1) is 13.6. The molecular formula is C15H14F3N. The van der Waals surface area contributed by atoms with Crippen LogP contribution >= 0.6 is 0 Å². The summed E-state index contributed by atoms with van der Waals surface area (Å²) in [7, 11) is 0. The predicted molar refractivity (Wildman–Crippen MR) is 68.3 cm³/mol. The first-order valence-electron chi connectivity index (χ1n) is 5.88.